The van der Waals surface area contributed by atoms with Gasteiger partial charge < -0.3 is 10.1 Å². The normalized spacial score (nSPS) is 10.2. The molecule has 0 unspecified atom stereocenters. The van der Waals surface area contributed by atoms with Gasteiger partial charge in [0.05, 0.1) is 5.56 Å². The number of hydrogen-bond donors (Lipinski definition) is 1. The van der Waals surface area contributed by atoms with Gasteiger partial charge >= 0.3 is 5.97 Å². The topological polar surface area (TPSA) is 55.4 Å². The van der Waals surface area contributed by atoms with Gasteiger partial charge in [0.25, 0.3) is 5.91 Å². The van der Waals surface area contributed by atoms with Crippen molar-refractivity contribution in [1.29, 1.82) is 0 Å². The van der Waals surface area contributed by atoms with Gasteiger partial charge in [0.2, 0.25) is 0 Å². The molecule has 0 fully saturated rings. The highest BCUT2D eigenvalue weighted by Gasteiger charge is 2.12. The van der Waals surface area contributed by atoms with Crippen LogP contribution in [0.2, 0.25) is 0 Å². The molecule has 0 aliphatic heterocycles. The fourth-order valence-corrected chi connectivity index (χ4v) is 2.49. The zero-order chi connectivity index (χ0) is 17.6. The molecule has 1 aromatic rings. The summed E-state index contributed by atoms with van der Waals surface area (Å²) < 4.78 is 5.06. The Kier molecular flexibility index (Phi) is 10.3. The predicted octanol–water partition coefficient (Wildman–Crippen LogP) is 4.65. The predicted molar refractivity (Wildman–Crippen MR) is 97.2 cm³/mol. The van der Waals surface area contributed by atoms with Gasteiger partial charge in [-0.1, -0.05) is 50.3 Å². The monoisotopic (exact) mass is 331 g/mol. The van der Waals surface area contributed by atoms with Crippen molar-refractivity contribution in [2.24, 2.45) is 0 Å². The lowest BCUT2D eigenvalue weighted by molar-refractivity contribution is -0.131. The Morgan fingerprint density at radius 1 is 1.04 bits per heavy atom. The van der Waals surface area contributed by atoms with Crippen LogP contribution in [-0.2, 0) is 4.79 Å². The molecular weight excluding hydrogens is 302 g/mol. The van der Waals surface area contributed by atoms with E-state index in [2.05, 4.69) is 11.9 Å². The molecule has 0 heterocycles. The molecule has 4 nitrogen and oxygen atoms in total. The Hall–Kier alpha value is -2.10. The number of para-hydroxylation sites is 1. The van der Waals surface area contributed by atoms with Gasteiger partial charge in [0.1, 0.15) is 5.75 Å². The summed E-state index contributed by atoms with van der Waals surface area (Å²) in [5.74, 6) is -0.318. The lowest BCUT2D eigenvalue weighted by Gasteiger charge is -2.09. The van der Waals surface area contributed by atoms with Crippen LogP contribution in [0.15, 0.2) is 36.9 Å². The largest absolute Gasteiger partial charge is 0.426 e. The molecule has 24 heavy (non-hydrogen) atoms. The maximum atomic E-state index is 12.2. The van der Waals surface area contributed by atoms with Crippen LogP contribution in [0.5, 0.6) is 5.75 Å². The molecule has 0 bridgehead atoms. The minimum absolute atomic E-state index is 0.198. The van der Waals surface area contributed by atoms with Gasteiger partial charge in [0, 0.05) is 13.5 Å². The van der Waals surface area contributed by atoms with E-state index in [1.54, 1.807) is 24.3 Å². The Balaban J connectivity index is 2.18. The van der Waals surface area contributed by atoms with Gasteiger partial charge in [-0.15, -0.1) is 6.58 Å². The van der Waals surface area contributed by atoms with Gasteiger partial charge in [-0.25, -0.2) is 0 Å². The first kappa shape index (κ1) is 19.9. The van der Waals surface area contributed by atoms with Crippen molar-refractivity contribution in [3.05, 3.63) is 42.5 Å². The second kappa shape index (κ2) is 12.3. The Morgan fingerprint density at radius 3 is 2.33 bits per heavy atom. The van der Waals surface area contributed by atoms with E-state index in [0.717, 1.165) is 19.3 Å². The molecule has 1 aromatic carbocycles. The third kappa shape index (κ3) is 8.51. The summed E-state index contributed by atoms with van der Waals surface area (Å²) in [4.78, 5) is 23.2. The van der Waals surface area contributed by atoms with E-state index in [4.69, 9.17) is 4.74 Å². The number of carbonyl (C=O) groups excluding carboxylic acids is 2. The van der Waals surface area contributed by atoms with Crippen LogP contribution in [0.1, 0.15) is 68.6 Å². The van der Waals surface area contributed by atoms with Crippen molar-refractivity contribution in [1.82, 2.24) is 5.32 Å². The minimum atomic E-state index is -0.427. The van der Waals surface area contributed by atoms with E-state index < -0.39 is 5.97 Å². The molecule has 0 aromatic heterocycles. The zero-order valence-electron chi connectivity index (χ0n) is 14.7. The molecule has 4 heteroatoms. The number of carbonyl (C=O) groups is 2. The van der Waals surface area contributed by atoms with Crippen molar-refractivity contribution in [2.45, 2.75) is 58.3 Å². The first-order chi connectivity index (χ1) is 11.6. The van der Waals surface area contributed by atoms with E-state index in [-0.39, 0.29) is 5.91 Å². The van der Waals surface area contributed by atoms with Gasteiger partial charge in [-0.2, -0.15) is 0 Å². The number of hydrogen-bond acceptors (Lipinski definition) is 3. The van der Waals surface area contributed by atoms with Crippen LogP contribution in [-0.4, -0.2) is 18.4 Å². The van der Waals surface area contributed by atoms with E-state index in [1.165, 1.54) is 39.0 Å². The lowest BCUT2D eigenvalue weighted by Crippen LogP contribution is -2.25. The van der Waals surface area contributed by atoms with Gasteiger partial charge in [-0.05, 0) is 31.4 Å². The Bertz CT molecular complexity index is 525. The summed E-state index contributed by atoms with van der Waals surface area (Å²) in [6.07, 6.45) is 11.4. The second-order valence-corrected chi connectivity index (χ2v) is 5.90. The molecule has 0 spiro atoms. The van der Waals surface area contributed by atoms with Crippen LogP contribution >= 0.6 is 0 Å². The van der Waals surface area contributed by atoms with Crippen molar-refractivity contribution in [3.63, 3.8) is 0 Å². The minimum Gasteiger partial charge on any atom is -0.426 e. The van der Waals surface area contributed by atoms with Crippen molar-refractivity contribution < 1.29 is 14.3 Å². The standard InChI is InChI=1S/C20H29NO3/c1-3-4-5-6-7-8-9-10-13-16-21-20(23)18-14-11-12-15-19(18)24-17(2)22/h3,11-12,14-15H,1,4-10,13,16H2,2H3,(H,21,23). The molecule has 1 rings (SSSR count). The number of nitrogens with one attached hydrogen (secondary N) is 1. The number of rotatable bonds is 12. The number of unbranched alkanes of at least 4 members (excludes halogenated alkanes) is 7. The molecule has 0 saturated carbocycles. The van der Waals surface area contributed by atoms with E-state index in [1.807, 2.05) is 6.08 Å². The lowest BCUT2D eigenvalue weighted by atomic mass is 10.1. The molecule has 1 N–H and O–H groups in total. The number of benzene rings is 1. The number of allylic oxidation sites excluding steroid dienone is 1. The van der Waals surface area contributed by atoms with Gasteiger partial charge in [-0.3, -0.25) is 9.59 Å². The third-order valence-corrected chi connectivity index (χ3v) is 3.76. The molecule has 132 valence electrons. The maximum absolute atomic E-state index is 12.2. The summed E-state index contributed by atoms with van der Waals surface area (Å²) in [5, 5.41) is 2.89. The Labute approximate surface area is 145 Å². The van der Waals surface area contributed by atoms with Crippen LogP contribution in [0.3, 0.4) is 0 Å². The SMILES string of the molecule is C=CCCCCCCCCCNC(=O)c1ccccc1OC(C)=O. The third-order valence-electron chi connectivity index (χ3n) is 3.76. The van der Waals surface area contributed by atoms with E-state index in [9.17, 15) is 9.59 Å². The second-order valence-electron chi connectivity index (χ2n) is 5.90. The van der Waals surface area contributed by atoms with Crippen LogP contribution < -0.4 is 10.1 Å². The van der Waals surface area contributed by atoms with Crippen molar-refractivity contribution in [2.75, 3.05) is 6.54 Å². The molecule has 0 radical (unpaired) electrons. The highest BCUT2D eigenvalue weighted by Crippen LogP contribution is 2.18. The molecule has 0 aliphatic carbocycles. The highest BCUT2D eigenvalue weighted by atomic mass is 16.5. The van der Waals surface area contributed by atoms with Crippen molar-refractivity contribution in [3.8, 4) is 5.75 Å². The average Bonchev–Trinajstić information content (AvgIpc) is 2.56. The van der Waals surface area contributed by atoms with Crippen molar-refractivity contribution >= 4 is 11.9 Å². The summed E-state index contributed by atoms with van der Waals surface area (Å²) in [6, 6.07) is 6.79. The molecule has 0 saturated heterocycles. The maximum Gasteiger partial charge on any atom is 0.308 e. The molecule has 1 amide bonds. The first-order valence-electron chi connectivity index (χ1n) is 8.81. The fourth-order valence-electron chi connectivity index (χ4n) is 2.49. The number of amides is 1. The van der Waals surface area contributed by atoms with E-state index in [0.29, 0.717) is 17.9 Å². The zero-order valence-corrected chi connectivity index (χ0v) is 14.7. The van der Waals surface area contributed by atoms with E-state index >= 15 is 0 Å². The fraction of sp³-hybridized carbons (Fsp3) is 0.500. The van der Waals surface area contributed by atoms with Crippen LogP contribution in [0.25, 0.3) is 0 Å². The summed E-state index contributed by atoms with van der Waals surface area (Å²) in [7, 11) is 0. The molecule has 0 atom stereocenters. The molecule has 0 aliphatic rings. The quantitative estimate of drug-likeness (QED) is 0.262. The number of esters is 1. The summed E-state index contributed by atoms with van der Waals surface area (Å²) in [6.45, 7) is 5.69. The summed E-state index contributed by atoms with van der Waals surface area (Å²) >= 11 is 0. The Morgan fingerprint density at radius 2 is 1.67 bits per heavy atom. The van der Waals surface area contributed by atoms with Crippen LogP contribution in [0, 0.1) is 0 Å². The number of ether oxygens (including phenoxy) is 1. The van der Waals surface area contributed by atoms with Crippen LogP contribution in [0.4, 0.5) is 0 Å². The molecular formula is C20H29NO3. The first-order valence-corrected chi connectivity index (χ1v) is 8.81. The smallest absolute Gasteiger partial charge is 0.308 e. The average molecular weight is 331 g/mol. The highest BCUT2D eigenvalue weighted by molar-refractivity contribution is 5.97. The van der Waals surface area contributed by atoms with Gasteiger partial charge in [0.15, 0.2) is 0 Å². The summed E-state index contributed by atoms with van der Waals surface area (Å²) in [5.41, 5.74) is 0.398.